The van der Waals surface area contributed by atoms with Crippen molar-refractivity contribution in [1.29, 1.82) is 0 Å². The number of halogens is 3. The second-order valence-corrected chi connectivity index (χ2v) is 6.64. The van der Waals surface area contributed by atoms with Crippen LogP contribution in [0.3, 0.4) is 0 Å². The summed E-state index contributed by atoms with van der Waals surface area (Å²) in [6, 6.07) is 7.81. The predicted molar refractivity (Wildman–Crippen MR) is 90.2 cm³/mol. The Labute approximate surface area is 143 Å². The molecule has 0 fully saturated rings. The summed E-state index contributed by atoms with van der Waals surface area (Å²) in [4.78, 5) is 12.1. The van der Waals surface area contributed by atoms with E-state index in [-0.39, 0.29) is 17.5 Å². The van der Waals surface area contributed by atoms with Crippen molar-refractivity contribution >= 4 is 49.5 Å². The molecule has 22 heavy (non-hydrogen) atoms. The van der Waals surface area contributed by atoms with Gasteiger partial charge in [-0.2, -0.15) is 0 Å². The van der Waals surface area contributed by atoms with Gasteiger partial charge in [0.25, 0.3) is 5.91 Å². The fraction of sp³-hybridized carbons (Fsp3) is 0.0625. The van der Waals surface area contributed by atoms with Gasteiger partial charge >= 0.3 is 0 Å². The molecule has 0 saturated carbocycles. The molecule has 3 rings (SSSR count). The third kappa shape index (κ3) is 2.94. The number of carbonyl (C=O) groups is 1. The van der Waals surface area contributed by atoms with Crippen LogP contribution in [-0.4, -0.2) is 11.0 Å². The minimum atomic E-state index is -0.377. The number of amides is 1. The van der Waals surface area contributed by atoms with Gasteiger partial charge in [0.2, 0.25) is 0 Å². The van der Waals surface area contributed by atoms with Gasteiger partial charge in [0.1, 0.15) is 11.6 Å². The molecule has 0 saturated heterocycles. The molecule has 0 aliphatic carbocycles. The normalized spacial score (nSPS) is 15.6. The van der Waals surface area contributed by atoms with E-state index in [9.17, 15) is 14.3 Å². The van der Waals surface area contributed by atoms with E-state index in [1.165, 1.54) is 12.1 Å². The minimum absolute atomic E-state index is 0.107. The van der Waals surface area contributed by atoms with E-state index in [1.54, 1.807) is 24.3 Å². The number of phenols is 1. The van der Waals surface area contributed by atoms with Crippen molar-refractivity contribution in [3.05, 3.63) is 61.8 Å². The Morgan fingerprint density at radius 3 is 2.55 bits per heavy atom. The summed E-state index contributed by atoms with van der Waals surface area (Å²) in [7, 11) is 0. The quantitative estimate of drug-likeness (QED) is 0.653. The average Bonchev–Trinajstić information content (AvgIpc) is 2.45. The maximum absolute atomic E-state index is 13.2. The fourth-order valence-corrected chi connectivity index (χ4v) is 3.52. The number of phenolic OH excluding ortho intramolecular Hbond substituents is 1. The van der Waals surface area contributed by atoms with E-state index in [1.807, 2.05) is 0 Å². The Morgan fingerprint density at radius 1 is 1.18 bits per heavy atom. The van der Waals surface area contributed by atoms with Crippen LogP contribution in [0.4, 0.5) is 10.1 Å². The number of hydrogen-bond donors (Lipinski definition) is 2. The largest absolute Gasteiger partial charge is 0.506 e. The molecular weight excluding hydrogens is 417 g/mol. The summed E-state index contributed by atoms with van der Waals surface area (Å²) in [6.45, 7) is 0. The van der Waals surface area contributed by atoms with Crippen LogP contribution in [0.25, 0.3) is 6.08 Å². The summed E-state index contributed by atoms with van der Waals surface area (Å²) in [5.41, 5.74) is 2.72. The van der Waals surface area contributed by atoms with Crippen LogP contribution in [0.1, 0.15) is 11.1 Å². The number of nitrogens with one attached hydrogen (secondary N) is 1. The smallest absolute Gasteiger partial charge is 0.251 e. The van der Waals surface area contributed by atoms with Crippen molar-refractivity contribution in [2.45, 2.75) is 6.42 Å². The van der Waals surface area contributed by atoms with Gasteiger partial charge in [-0.1, -0.05) is 6.07 Å². The van der Waals surface area contributed by atoms with E-state index in [0.717, 1.165) is 11.1 Å². The molecule has 1 aliphatic rings. The van der Waals surface area contributed by atoms with E-state index < -0.39 is 0 Å². The van der Waals surface area contributed by atoms with Crippen molar-refractivity contribution in [3.8, 4) is 5.75 Å². The van der Waals surface area contributed by atoms with Crippen molar-refractivity contribution in [3.63, 3.8) is 0 Å². The van der Waals surface area contributed by atoms with Gasteiger partial charge in [0.05, 0.1) is 8.95 Å². The SMILES string of the molecule is O=C1Nc2cc(F)ccc2C/C1=C\c1cc(Br)c(O)c(Br)c1. The minimum Gasteiger partial charge on any atom is -0.506 e. The highest BCUT2D eigenvalue weighted by Gasteiger charge is 2.20. The molecule has 112 valence electrons. The zero-order chi connectivity index (χ0) is 15.9. The molecule has 0 aromatic heterocycles. The van der Waals surface area contributed by atoms with E-state index in [4.69, 9.17) is 0 Å². The summed E-state index contributed by atoms with van der Waals surface area (Å²) in [5.74, 6) is -0.521. The van der Waals surface area contributed by atoms with Crippen LogP contribution in [0.15, 0.2) is 44.9 Å². The zero-order valence-electron chi connectivity index (χ0n) is 11.2. The summed E-state index contributed by atoms with van der Waals surface area (Å²) < 4.78 is 14.3. The summed E-state index contributed by atoms with van der Waals surface area (Å²) in [5, 5.41) is 12.4. The van der Waals surface area contributed by atoms with E-state index in [2.05, 4.69) is 37.2 Å². The highest BCUT2D eigenvalue weighted by Crippen LogP contribution is 2.34. The number of aromatic hydroxyl groups is 1. The highest BCUT2D eigenvalue weighted by molar-refractivity contribution is 9.11. The number of rotatable bonds is 1. The number of carbonyl (C=O) groups excluding carboxylic acids is 1. The monoisotopic (exact) mass is 425 g/mol. The summed E-state index contributed by atoms with van der Waals surface area (Å²) >= 11 is 6.52. The molecule has 2 aromatic rings. The van der Waals surface area contributed by atoms with Gasteiger partial charge in [-0.15, -0.1) is 0 Å². The first-order valence-corrected chi connectivity index (χ1v) is 8.01. The lowest BCUT2D eigenvalue weighted by Crippen LogP contribution is -2.22. The molecule has 6 heteroatoms. The zero-order valence-corrected chi connectivity index (χ0v) is 14.3. The lowest BCUT2D eigenvalue weighted by atomic mass is 9.96. The third-order valence-electron chi connectivity index (χ3n) is 3.37. The molecule has 2 N–H and O–H groups in total. The maximum Gasteiger partial charge on any atom is 0.251 e. The first kappa shape index (κ1) is 15.2. The van der Waals surface area contributed by atoms with Gasteiger partial charge in [-0.05, 0) is 73.3 Å². The average molecular weight is 427 g/mol. The standard InChI is InChI=1S/C16H10Br2FNO2/c17-12-4-8(5-13(18)15(12)21)3-10-6-9-1-2-11(19)7-14(9)20-16(10)22/h1-5,7,21H,6H2,(H,20,22)/b10-3+. The second-order valence-electron chi connectivity index (χ2n) is 4.94. The number of hydrogen-bond acceptors (Lipinski definition) is 2. The number of anilines is 1. The molecule has 0 radical (unpaired) electrons. The molecule has 1 amide bonds. The Balaban J connectivity index is 1.99. The fourth-order valence-electron chi connectivity index (χ4n) is 2.29. The Hall–Kier alpha value is -1.66. The highest BCUT2D eigenvalue weighted by atomic mass is 79.9. The van der Waals surface area contributed by atoms with Crippen molar-refractivity contribution in [2.75, 3.05) is 5.32 Å². The van der Waals surface area contributed by atoms with Gasteiger partial charge < -0.3 is 10.4 Å². The topological polar surface area (TPSA) is 49.3 Å². The van der Waals surface area contributed by atoms with Crippen LogP contribution in [0, 0.1) is 5.82 Å². The molecule has 3 nitrogen and oxygen atoms in total. The van der Waals surface area contributed by atoms with Crippen LogP contribution >= 0.6 is 31.9 Å². The van der Waals surface area contributed by atoms with Crippen molar-refractivity contribution in [1.82, 2.24) is 0 Å². The van der Waals surface area contributed by atoms with Gasteiger partial charge in [-0.25, -0.2) is 4.39 Å². The molecule has 0 bridgehead atoms. The van der Waals surface area contributed by atoms with Crippen molar-refractivity contribution in [2.24, 2.45) is 0 Å². The van der Waals surface area contributed by atoms with Crippen LogP contribution in [-0.2, 0) is 11.2 Å². The molecule has 1 aliphatic heterocycles. The molecule has 1 heterocycles. The van der Waals surface area contributed by atoms with E-state index >= 15 is 0 Å². The van der Waals surface area contributed by atoms with Crippen LogP contribution < -0.4 is 5.32 Å². The lowest BCUT2D eigenvalue weighted by molar-refractivity contribution is -0.113. The lowest BCUT2D eigenvalue weighted by Gasteiger charge is -2.19. The van der Waals surface area contributed by atoms with Gasteiger partial charge in [0, 0.05) is 17.7 Å². The predicted octanol–water partition coefficient (Wildman–Crippen LogP) is 4.63. The third-order valence-corrected chi connectivity index (χ3v) is 4.58. The second kappa shape index (κ2) is 5.85. The molecule has 0 unspecified atom stereocenters. The number of fused-ring (bicyclic) bond motifs is 1. The van der Waals surface area contributed by atoms with Crippen LogP contribution in [0.2, 0.25) is 0 Å². The first-order chi connectivity index (χ1) is 10.4. The van der Waals surface area contributed by atoms with Gasteiger partial charge in [0.15, 0.2) is 0 Å². The van der Waals surface area contributed by atoms with Gasteiger partial charge in [-0.3, -0.25) is 4.79 Å². The molecular formula is C16H10Br2FNO2. The Kier molecular flexibility index (Phi) is 4.06. The first-order valence-electron chi connectivity index (χ1n) is 6.42. The molecule has 2 aromatic carbocycles. The Bertz CT molecular complexity index is 795. The molecule has 0 spiro atoms. The van der Waals surface area contributed by atoms with Crippen LogP contribution in [0.5, 0.6) is 5.75 Å². The van der Waals surface area contributed by atoms with Crippen molar-refractivity contribution < 1.29 is 14.3 Å². The number of benzene rings is 2. The molecule has 0 atom stereocenters. The Morgan fingerprint density at radius 2 is 1.86 bits per heavy atom. The summed E-state index contributed by atoms with van der Waals surface area (Å²) in [6.07, 6.45) is 2.17. The van der Waals surface area contributed by atoms with E-state index in [0.29, 0.717) is 26.6 Å². The maximum atomic E-state index is 13.2.